The molecular formula is C11H14N2O4. The Morgan fingerprint density at radius 1 is 1.29 bits per heavy atom. The van der Waals surface area contributed by atoms with Gasteiger partial charge in [0.25, 0.3) is 0 Å². The van der Waals surface area contributed by atoms with Crippen molar-refractivity contribution in [1.29, 1.82) is 0 Å². The van der Waals surface area contributed by atoms with E-state index in [9.17, 15) is 14.7 Å². The molecule has 0 bridgehead atoms. The van der Waals surface area contributed by atoms with Gasteiger partial charge in [-0.2, -0.15) is 0 Å². The Kier molecular flexibility index (Phi) is 4.96. The van der Waals surface area contributed by atoms with Crippen LogP contribution in [0.5, 0.6) is 5.75 Å². The van der Waals surface area contributed by atoms with E-state index in [1.54, 1.807) is 12.1 Å². The molecule has 0 radical (unpaired) electrons. The van der Waals surface area contributed by atoms with Crippen molar-refractivity contribution in [2.45, 2.75) is 0 Å². The van der Waals surface area contributed by atoms with Crippen molar-refractivity contribution in [2.24, 2.45) is 0 Å². The standard InChI is InChI=1S/C11H14N2O4/c1-17-7-6-12-10(15)11(16)13-8-4-2-3-5-9(8)14/h2-5,14H,6-7H2,1H3,(H,12,15)(H,13,16). The van der Waals surface area contributed by atoms with Crippen LogP contribution in [0, 0.1) is 0 Å². The summed E-state index contributed by atoms with van der Waals surface area (Å²) in [5.74, 6) is -1.70. The minimum Gasteiger partial charge on any atom is -0.506 e. The van der Waals surface area contributed by atoms with Gasteiger partial charge < -0.3 is 20.5 Å². The topological polar surface area (TPSA) is 87.7 Å². The van der Waals surface area contributed by atoms with E-state index >= 15 is 0 Å². The van der Waals surface area contributed by atoms with Crippen molar-refractivity contribution < 1.29 is 19.4 Å². The minimum atomic E-state index is -0.831. The van der Waals surface area contributed by atoms with Gasteiger partial charge in [0.2, 0.25) is 0 Å². The lowest BCUT2D eigenvalue weighted by Crippen LogP contribution is -2.37. The molecule has 0 aliphatic carbocycles. The van der Waals surface area contributed by atoms with Crippen LogP contribution in [-0.4, -0.2) is 37.2 Å². The summed E-state index contributed by atoms with van der Waals surface area (Å²) in [4.78, 5) is 22.7. The Bertz CT molecular complexity index is 406. The van der Waals surface area contributed by atoms with E-state index in [4.69, 9.17) is 4.74 Å². The molecule has 0 unspecified atom stereocenters. The molecule has 0 aliphatic rings. The van der Waals surface area contributed by atoms with E-state index in [1.165, 1.54) is 19.2 Å². The molecule has 0 saturated heterocycles. The fraction of sp³-hybridized carbons (Fsp3) is 0.273. The molecule has 0 fully saturated rings. The maximum Gasteiger partial charge on any atom is 0.313 e. The lowest BCUT2D eigenvalue weighted by atomic mass is 10.3. The van der Waals surface area contributed by atoms with Gasteiger partial charge in [0.15, 0.2) is 0 Å². The zero-order valence-electron chi connectivity index (χ0n) is 9.40. The number of ether oxygens (including phenoxy) is 1. The molecule has 0 heterocycles. The van der Waals surface area contributed by atoms with Gasteiger partial charge >= 0.3 is 11.8 Å². The molecule has 6 heteroatoms. The number of hydrogen-bond acceptors (Lipinski definition) is 4. The molecule has 17 heavy (non-hydrogen) atoms. The number of nitrogens with one attached hydrogen (secondary N) is 2. The summed E-state index contributed by atoms with van der Waals surface area (Å²) in [6.07, 6.45) is 0. The molecule has 0 aromatic heterocycles. The van der Waals surface area contributed by atoms with Crippen LogP contribution >= 0.6 is 0 Å². The summed E-state index contributed by atoms with van der Waals surface area (Å²) >= 11 is 0. The van der Waals surface area contributed by atoms with Crippen LogP contribution < -0.4 is 10.6 Å². The number of amides is 2. The number of carbonyl (C=O) groups excluding carboxylic acids is 2. The van der Waals surface area contributed by atoms with Crippen LogP contribution in [0.25, 0.3) is 0 Å². The van der Waals surface area contributed by atoms with Crippen molar-refractivity contribution in [2.75, 3.05) is 25.6 Å². The van der Waals surface area contributed by atoms with E-state index in [-0.39, 0.29) is 18.0 Å². The lowest BCUT2D eigenvalue weighted by Gasteiger charge is -2.07. The summed E-state index contributed by atoms with van der Waals surface area (Å²) in [6.45, 7) is 0.582. The number of carbonyl (C=O) groups is 2. The SMILES string of the molecule is COCCNC(=O)C(=O)Nc1ccccc1O. The van der Waals surface area contributed by atoms with E-state index in [0.29, 0.717) is 6.61 Å². The number of rotatable bonds is 4. The van der Waals surface area contributed by atoms with Gasteiger partial charge in [-0.05, 0) is 12.1 Å². The van der Waals surface area contributed by atoms with Crippen LogP contribution in [0.3, 0.4) is 0 Å². The molecule has 1 aromatic rings. The van der Waals surface area contributed by atoms with Crippen molar-refractivity contribution in [3.05, 3.63) is 24.3 Å². The van der Waals surface area contributed by atoms with Crippen molar-refractivity contribution in [3.8, 4) is 5.75 Å². The number of aromatic hydroxyl groups is 1. The Morgan fingerprint density at radius 3 is 2.65 bits per heavy atom. The van der Waals surface area contributed by atoms with Gasteiger partial charge in [0, 0.05) is 13.7 Å². The molecule has 0 aliphatic heterocycles. The third kappa shape index (κ3) is 4.12. The molecule has 1 aromatic carbocycles. The first-order valence-corrected chi connectivity index (χ1v) is 5.01. The Labute approximate surface area is 98.6 Å². The van der Waals surface area contributed by atoms with Crippen LogP contribution in [0.15, 0.2) is 24.3 Å². The van der Waals surface area contributed by atoms with Gasteiger partial charge in [-0.15, -0.1) is 0 Å². The van der Waals surface area contributed by atoms with Gasteiger partial charge in [-0.3, -0.25) is 9.59 Å². The van der Waals surface area contributed by atoms with Crippen LogP contribution in [-0.2, 0) is 14.3 Å². The summed E-state index contributed by atoms with van der Waals surface area (Å²) in [5.41, 5.74) is 0.194. The average Bonchev–Trinajstić information content (AvgIpc) is 2.32. The molecule has 0 saturated carbocycles. The molecule has 0 atom stereocenters. The van der Waals surface area contributed by atoms with Crippen molar-refractivity contribution in [3.63, 3.8) is 0 Å². The van der Waals surface area contributed by atoms with Crippen molar-refractivity contribution >= 4 is 17.5 Å². The first-order valence-electron chi connectivity index (χ1n) is 5.01. The molecule has 0 spiro atoms. The van der Waals surface area contributed by atoms with Crippen LogP contribution in [0.4, 0.5) is 5.69 Å². The first-order chi connectivity index (χ1) is 8.15. The van der Waals surface area contributed by atoms with Crippen LogP contribution in [0.1, 0.15) is 0 Å². The minimum absolute atomic E-state index is 0.0921. The van der Waals surface area contributed by atoms with Gasteiger partial charge in [-0.25, -0.2) is 0 Å². The maximum absolute atomic E-state index is 11.4. The molecule has 1 rings (SSSR count). The number of anilines is 1. The summed E-state index contributed by atoms with van der Waals surface area (Å²) in [5, 5.41) is 14.0. The summed E-state index contributed by atoms with van der Waals surface area (Å²) in [6, 6.07) is 6.16. The Morgan fingerprint density at radius 2 is 2.00 bits per heavy atom. The number of hydrogen-bond donors (Lipinski definition) is 3. The summed E-state index contributed by atoms with van der Waals surface area (Å²) in [7, 11) is 1.49. The highest BCUT2D eigenvalue weighted by molar-refractivity contribution is 6.39. The highest BCUT2D eigenvalue weighted by Gasteiger charge is 2.14. The van der Waals surface area contributed by atoms with Crippen LogP contribution in [0.2, 0.25) is 0 Å². The third-order valence-electron chi connectivity index (χ3n) is 1.95. The smallest absolute Gasteiger partial charge is 0.313 e. The first kappa shape index (κ1) is 13.0. The predicted octanol–water partition coefficient (Wildman–Crippen LogP) is 0.0933. The molecule has 6 nitrogen and oxygen atoms in total. The van der Waals surface area contributed by atoms with Gasteiger partial charge in [0.1, 0.15) is 5.75 Å². The fourth-order valence-electron chi connectivity index (χ4n) is 1.11. The van der Waals surface area contributed by atoms with E-state index in [1.807, 2.05) is 0 Å². The zero-order valence-corrected chi connectivity index (χ0v) is 9.40. The Hall–Kier alpha value is -2.08. The monoisotopic (exact) mass is 238 g/mol. The largest absolute Gasteiger partial charge is 0.506 e. The van der Waals surface area contributed by atoms with E-state index in [2.05, 4.69) is 10.6 Å². The highest BCUT2D eigenvalue weighted by Crippen LogP contribution is 2.20. The molecule has 92 valence electrons. The normalized spacial score (nSPS) is 9.71. The zero-order chi connectivity index (χ0) is 12.7. The average molecular weight is 238 g/mol. The molecular weight excluding hydrogens is 224 g/mol. The highest BCUT2D eigenvalue weighted by atomic mass is 16.5. The van der Waals surface area contributed by atoms with E-state index in [0.717, 1.165) is 0 Å². The second kappa shape index (κ2) is 6.49. The predicted molar refractivity (Wildman–Crippen MR) is 61.6 cm³/mol. The fourth-order valence-corrected chi connectivity index (χ4v) is 1.11. The number of benzene rings is 1. The number of para-hydroxylation sites is 2. The second-order valence-corrected chi connectivity index (χ2v) is 3.22. The molecule has 3 N–H and O–H groups in total. The quantitative estimate of drug-likeness (QED) is 0.394. The number of methoxy groups -OCH3 is 1. The number of phenolic OH excluding ortho intramolecular Hbond substituents is 1. The molecule has 2 amide bonds. The van der Waals surface area contributed by atoms with Gasteiger partial charge in [-0.1, -0.05) is 12.1 Å². The maximum atomic E-state index is 11.4. The Balaban J connectivity index is 2.49. The second-order valence-electron chi connectivity index (χ2n) is 3.22. The summed E-state index contributed by atoms with van der Waals surface area (Å²) < 4.78 is 4.72. The number of phenols is 1. The third-order valence-corrected chi connectivity index (χ3v) is 1.95. The van der Waals surface area contributed by atoms with E-state index < -0.39 is 11.8 Å². The van der Waals surface area contributed by atoms with Gasteiger partial charge in [0.05, 0.1) is 12.3 Å². The van der Waals surface area contributed by atoms with Crippen molar-refractivity contribution in [1.82, 2.24) is 5.32 Å². The lowest BCUT2D eigenvalue weighted by molar-refractivity contribution is -0.136.